The van der Waals surface area contributed by atoms with Crippen LogP contribution in [0, 0.1) is 6.92 Å². The van der Waals surface area contributed by atoms with Crippen LogP contribution in [0.1, 0.15) is 36.3 Å². The van der Waals surface area contributed by atoms with Gasteiger partial charge in [0.1, 0.15) is 23.6 Å². The molecule has 0 spiro atoms. The number of nitrogens with one attached hydrogen (secondary N) is 2. The Hall–Kier alpha value is -4.77. The SMILES string of the molecule is Cc1noc(C2CCN(Cc3nc4ccc(Oc5ccc(-c6ccn[nH]6)cc5)cc4[nH]3)CC2)n1.c1cocn1. The van der Waals surface area contributed by atoms with Crippen LogP contribution in [0.15, 0.2) is 82.5 Å². The Labute approximate surface area is 224 Å². The van der Waals surface area contributed by atoms with E-state index in [0.29, 0.717) is 11.7 Å². The molecule has 1 aliphatic rings. The smallest absolute Gasteiger partial charge is 0.229 e. The number of aryl methyl sites for hydroxylation is 1. The third kappa shape index (κ3) is 6.04. The minimum atomic E-state index is 0.349. The van der Waals surface area contributed by atoms with Crippen molar-refractivity contribution in [3.63, 3.8) is 0 Å². The van der Waals surface area contributed by atoms with Crippen molar-refractivity contribution in [2.45, 2.75) is 32.2 Å². The van der Waals surface area contributed by atoms with Gasteiger partial charge in [0.25, 0.3) is 0 Å². The van der Waals surface area contributed by atoms with E-state index in [1.165, 1.54) is 12.7 Å². The van der Waals surface area contributed by atoms with E-state index in [9.17, 15) is 0 Å². The molecule has 39 heavy (non-hydrogen) atoms. The zero-order chi connectivity index (χ0) is 26.4. The van der Waals surface area contributed by atoms with Crippen LogP contribution in [0.3, 0.4) is 0 Å². The molecule has 2 N–H and O–H groups in total. The predicted molar refractivity (Wildman–Crippen MR) is 143 cm³/mol. The predicted octanol–water partition coefficient (Wildman–Crippen LogP) is 5.49. The molecule has 2 aromatic carbocycles. The molecule has 0 atom stereocenters. The molecule has 198 valence electrons. The Morgan fingerprint density at radius 1 is 1.00 bits per heavy atom. The number of aromatic nitrogens is 7. The Balaban J connectivity index is 0.000000500. The van der Waals surface area contributed by atoms with Gasteiger partial charge in [-0.05, 0) is 80.9 Å². The molecule has 0 saturated carbocycles. The van der Waals surface area contributed by atoms with Crippen molar-refractivity contribution < 1.29 is 13.7 Å². The summed E-state index contributed by atoms with van der Waals surface area (Å²) in [6.45, 7) is 4.60. The number of oxazole rings is 1. The summed E-state index contributed by atoms with van der Waals surface area (Å²) in [4.78, 5) is 18.6. The zero-order valence-corrected chi connectivity index (χ0v) is 21.4. The van der Waals surface area contributed by atoms with Gasteiger partial charge in [-0.1, -0.05) is 5.16 Å². The normalized spacial score (nSPS) is 14.3. The maximum atomic E-state index is 6.07. The first-order chi connectivity index (χ1) is 19.2. The number of nitrogens with zero attached hydrogens (tertiary/aromatic N) is 6. The summed E-state index contributed by atoms with van der Waals surface area (Å²) in [6, 6.07) is 15.8. The monoisotopic (exact) mass is 524 g/mol. The lowest BCUT2D eigenvalue weighted by Crippen LogP contribution is -2.32. The molecule has 0 aliphatic carbocycles. The lowest BCUT2D eigenvalue weighted by molar-refractivity contribution is 0.184. The topological polar surface area (TPSA) is 135 Å². The number of H-pyrrole nitrogens is 2. The highest BCUT2D eigenvalue weighted by Gasteiger charge is 2.25. The molecule has 0 unspecified atom stereocenters. The van der Waals surface area contributed by atoms with Gasteiger partial charge in [-0.15, -0.1) is 0 Å². The third-order valence-corrected chi connectivity index (χ3v) is 6.60. The second kappa shape index (κ2) is 11.3. The van der Waals surface area contributed by atoms with Gasteiger partial charge >= 0.3 is 0 Å². The van der Waals surface area contributed by atoms with Gasteiger partial charge < -0.3 is 18.7 Å². The summed E-state index contributed by atoms with van der Waals surface area (Å²) in [7, 11) is 0. The minimum absolute atomic E-state index is 0.349. The Morgan fingerprint density at radius 2 is 1.85 bits per heavy atom. The van der Waals surface area contributed by atoms with E-state index >= 15 is 0 Å². The number of likely N-dealkylation sites (tertiary alicyclic amines) is 1. The van der Waals surface area contributed by atoms with Gasteiger partial charge in [-0.25, -0.2) is 9.97 Å². The van der Waals surface area contributed by atoms with E-state index in [2.05, 4.69) is 39.6 Å². The molecule has 4 aromatic heterocycles. The van der Waals surface area contributed by atoms with E-state index in [1.807, 2.05) is 55.5 Å². The summed E-state index contributed by atoms with van der Waals surface area (Å²) >= 11 is 0. The van der Waals surface area contributed by atoms with Crippen molar-refractivity contribution in [3.05, 3.63) is 91.1 Å². The lowest BCUT2D eigenvalue weighted by Gasteiger charge is -2.29. The van der Waals surface area contributed by atoms with Crippen LogP contribution in [0.5, 0.6) is 11.5 Å². The van der Waals surface area contributed by atoms with Crippen molar-refractivity contribution in [2.24, 2.45) is 0 Å². The summed E-state index contributed by atoms with van der Waals surface area (Å²) in [5, 5.41) is 10.9. The van der Waals surface area contributed by atoms with Gasteiger partial charge in [0.05, 0.1) is 29.5 Å². The van der Waals surface area contributed by atoms with Crippen molar-refractivity contribution in [1.82, 2.24) is 40.2 Å². The fourth-order valence-electron chi connectivity index (χ4n) is 4.64. The van der Waals surface area contributed by atoms with Crippen LogP contribution in [-0.4, -0.2) is 53.3 Å². The summed E-state index contributed by atoms with van der Waals surface area (Å²) in [5.74, 6) is 4.33. The quantitative estimate of drug-likeness (QED) is 0.290. The van der Waals surface area contributed by atoms with Crippen molar-refractivity contribution in [1.29, 1.82) is 0 Å². The number of rotatable bonds is 6. The van der Waals surface area contributed by atoms with Gasteiger partial charge in [-0.2, -0.15) is 10.1 Å². The molecule has 0 amide bonds. The second-order valence-electron chi connectivity index (χ2n) is 9.37. The molecule has 6 aromatic rings. The molecule has 11 heteroatoms. The molecule has 1 saturated heterocycles. The Bertz CT molecular complexity index is 1560. The first-order valence-electron chi connectivity index (χ1n) is 12.8. The first-order valence-corrected chi connectivity index (χ1v) is 12.8. The molecule has 5 heterocycles. The van der Waals surface area contributed by atoms with E-state index in [1.54, 1.807) is 12.4 Å². The fraction of sp³-hybridized carbons (Fsp3) is 0.250. The number of imidazole rings is 1. The van der Waals surface area contributed by atoms with Gasteiger partial charge in [-0.3, -0.25) is 10.00 Å². The van der Waals surface area contributed by atoms with E-state index < -0.39 is 0 Å². The molecule has 0 bridgehead atoms. The number of fused-ring (bicyclic) bond motifs is 1. The number of hydrogen-bond acceptors (Lipinski definition) is 9. The number of aromatic amines is 2. The Kier molecular flexibility index (Phi) is 7.13. The average molecular weight is 525 g/mol. The van der Waals surface area contributed by atoms with Gasteiger partial charge in [0, 0.05) is 18.2 Å². The average Bonchev–Trinajstić information content (AvgIpc) is 3.78. The van der Waals surface area contributed by atoms with E-state index in [4.69, 9.17) is 14.2 Å². The Morgan fingerprint density at radius 3 is 2.51 bits per heavy atom. The highest BCUT2D eigenvalue weighted by molar-refractivity contribution is 5.77. The molecule has 1 fully saturated rings. The minimum Gasteiger partial charge on any atom is -0.457 e. The first kappa shape index (κ1) is 24.6. The highest BCUT2D eigenvalue weighted by Crippen LogP contribution is 2.29. The van der Waals surface area contributed by atoms with Crippen LogP contribution in [0.4, 0.5) is 0 Å². The van der Waals surface area contributed by atoms with E-state index in [-0.39, 0.29) is 0 Å². The highest BCUT2D eigenvalue weighted by atomic mass is 16.5. The zero-order valence-electron chi connectivity index (χ0n) is 21.4. The summed E-state index contributed by atoms with van der Waals surface area (Å²) in [5.41, 5.74) is 3.95. The lowest BCUT2D eigenvalue weighted by atomic mass is 9.97. The van der Waals surface area contributed by atoms with Crippen LogP contribution >= 0.6 is 0 Å². The van der Waals surface area contributed by atoms with Crippen molar-refractivity contribution >= 4 is 11.0 Å². The maximum absolute atomic E-state index is 6.07. The standard InChI is InChI=1S/C25H25N7O2.C3H3NO/c1-16-27-25(34-31-16)18-9-12-32(13-10-18)15-24-28-22-7-6-20(14-23(22)29-24)33-19-4-2-17(3-5-19)21-8-11-26-30-21;1-2-5-3-4-1/h2-8,11,14,18H,9-10,12-13,15H2,1H3,(H,26,30)(H,28,29);1-3H. The molecule has 11 nitrogen and oxygen atoms in total. The van der Waals surface area contributed by atoms with Gasteiger partial charge in [0.15, 0.2) is 12.2 Å². The number of ether oxygens (including phenoxy) is 1. The van der Waals surface area contributed by atoms with Crippen LogP contribution in [0.2, 0.25) is 0 Å². The molecular weight excluding hydrogens is 496 g/mol. The second-order valence-corrected chi connectivity index (χ2v) is 9.37. The summed E-state index contributed by atoms with van der Waals surface area (Å²) in [6.07, 6.45) is 8.24. The molecule has 0 radical (unpaired) electrons. The van der Waals surface area contributed by atoms with Gasteiger partial charge in [0.2, 0.25) is 5.89 Å². The number of hydrogen-bond donors (Lipinski definition) is 2. The largest absolute Gasteiger partial charge is 0.457 e. The van der Waals surface area contributed by atoms with Crippen molar-refractivity contribution in [2.75, 3.05) is 13.1 Å². The molecule has 7 rings (SSSR count). The molecular formula is C28H28N8O3. The fourth-order valence-corrected chi connectivity index (χ4v) is 4.64. The summed E-state index contributed by atoms with van der Waals surface area (Å²) < 4.78 is 15.9. The molecule has 1 aliphatic heterocycles. The third-order valence-electron chi connectivity index (χ3n) is 6.60. The van der Waals surface area contributed by atoms with Crippen LogP contribution in [0.25, 0.3) is 22.3 Å². The number of benzene rings is 2. The van der Waals surface area contributed by atoms with Crippen LogP contribution in [-0.2, 0) is 6.54 Å². The van der Waals surface area contributed by atoms with E-state index in [0.717, 1.165) is 78.0 Å². The van der Waals surface area contributed by atoms with Crippen molar-refractivity contribution in [3.8, 4) is 22.8 Å². The number of piperidine rings is 1. The maximum Gasteiger partial charge on any atom is 0.229 e. The van der Waals surface area contributed by atoms with Crippen LogP contribution < -0.4 is 4.74 Å².